The molecule has 0 aromatic carbocycles. The number of carbonyl (C=O) groups excluding carboxylic acids is 1. The van der Waals surface area contributed by atoms with Crippen molar-refractivity contribution in [2.45, 2.75) is 228 Å². The normalized spacial score (nSPS) is 27.8. The molecule has 1 saturated carbocycles. The van der Waals surface area contributed by atoms with E-state index in [1.165, 1.54) is 57.3 Å². The smallest absolute Gasteiger partial charge is 0.186 e. The van der Waals surface area contributed by atoms with Crippen molar-refractivity contribution in [3.05, 3.63) is 24.3 Å². The molecule has 0 radical (unpaired) electrons. The molecule has 0 aromatic rings. The minimum absolute atomic E-state index is 0.0567. The number of nitrogens with one attached hydrogen (secondary N) is 1. The molecule has 0 spiro atoms. The van der Waals surface area contributed by atoms with Crippen LogP contribution in [0.4, 0.5) is 0 Å². The summed E-state index contributed by atoms with van der Waals surface area (Å²) >= 11 is 0. The molecular formula is C43H79NO15. The molecule has 2 aliphatic rings. The third kappa shape index (κ3) is 22.0. The molecule has 0 amide bonds. The molecule has 16 unspecified atom stereocenters. The van der Waals surface area contributed by atoms with E-state index in [4.69, 9.17) is 9.47 Å². The molecule has 16 nitrogen and oxygen atoms in total. The van der Waals surface area contributed by atoms with Gasteiger partial charge in [-0.2, -0.15) is 0 Å². The van der Waals surface area contributed by atoms with E-state index in [1.54, 1.807) is 19.9 Å². The molecule has 1 saturated heterocycles. The Morgan fingerprint density at radius 2 is 1.20 bits per heavy atom. The molecule has 1 aliphatic carbocycles. The van der Waals surface area contributed by atoms with Crippen molar-refractivity contribution in [3.8, 4) is 0 Å². The highest BCUT2D eigenvalue weighted by Gasteiger charge is 2.44. The molecule has 13 N–H and O–H groups in total. The number of ketones is 1. The summed E-state index contributed by atoms with van der Waals surface area (Å²) in [4.78, 5) is 12.9. The number of aliphatic hydroxyl groups excluding tert-OH is 12. The van der Waals surface area contributed by atoms with E-state index in [-0.39, 0.29) is 63.6 Å². The average molecular weight is 850 g/mol. The van der Waals surface area contributed by atoms with Crippen molar-refractivity contribution < 1.29 is 75.5 Å². The van der Waals surface area contributed by atoms with Crippen molar-refractivity contribution in [1.29, 1.82) is 0 Å². The lowest BCUT2D eigenvalue weighted by Crippen LogP contribution is -2.58. The lowest BCUT2D eigenvalue weighted by Gasteiger charge is -2.40. The first kappa shape index (κ1) is 53.7. The van der Waals surface area contributed by atoms with Crippen LogP contribution in [-0.4, -0.2) is 171 Å². The van der Waals surface area contributed by atoms with E-state index in [2.05, 4.69) is 5.32 Å². The van der Waals surface area contributed by atoms with E-state index < -0.39 is 97.7 Å². The third-order valence-electron chi connectivity index (χ3n) is 11.5. The van der Waals surface area contributed by atoms with Crippen LogP contribution in [0.1, 0.15) is 130 Å². The molecule has 16 heteroatoms. The van der Waals surface area contributed by atoms with Crippen LogP contribution in [0.15, 0.2) is 24.3 Å². The van der Waals surface area contributed by atoms with Crippen LogP contribution in [-0.2, 0) is 14.3 Å². The lowest BCUT2D eigenvalue weighted by molar-refractivity contribution is -0.306. The van der Waals surface area contributed by atoms with Crippen LogP contribution in [0.5, 0.6) is 0 Å². The fourth-order valence-corrected chi connectivity index (χ4v) is 7.88. The molecule has 0 bridgehead atoms. The van der Waals surface area contributed by atoms with Crippen LogP contribution in [0.25, 0.3) is 0 Å². The summed E-state index contributed by atoms with van der Waals surface area (Å²) in [5.74, 6) is -1.10. The highest BCUT2D eigenvalue weighted by Crippen LogP contribution is 2.27. The van der Waals surface area contributed by atoms with Gasteiger partial charge in [0.05, 0.1) is 67.1 Å². The molecular weight excluding hydrogens is 770 g/mol. The summed E-state index contributed by atoms with van der Waals surface area (Å²) in [6.07, 6.45) is -2.51. The first-order chi connectivity index (χ1) is 27.9. The molecule has 2 rings (SSSR count). The molecule has 346 valence electrons. The van der Waals surface area contributed by atoms with Crippen molar-refractivity contribution in [1.82, 2.24) is 5.32 Å². The largest absolute Gasteiger partial charge is 0.393 e. The zero-order valence-corrected chi connectivity index (χ0v) is 35.4. The SMILES string of the molecule is CCC(OC1OC(C)C(O)C(O)C1O)C(C)C(=O)CC(O)CC(O)CC(O)/C=C/CC(O)CC(O)CC(O)CC(O)/C=C/CC(O)CC(O)CCCNC1CCCCC1. The number of carbonyl (C=O) groups is 1. The number of Topliss-reactive ketones (excluding diaryl/α,β-unsaturated/α-hetero) is 1. The maximum absolute atomic E-state index is 12.9. The van der Waals surface area contributed by atoms with E-state index in [9.17, 15) is 66.1 Å². The van der Waals surface area contributed by atoms with E-state index in [1.807, 2.05) is 0 Å². The number of aliphatic hydroxyl groups is 12. The maximum Gasteiger partial charge on any atom is 0.186 e. The van der Waals surface area contributed by atoms with Gasteiger partial charge in [-0.15, -0.1) is 0 Å². The zero-order valence-electron chi connectivity index (χ0n) is 35.4. The zero-order chi connectivity index (χ0) is 44.1. The van der Waals surface area contributed by atoms with E-state index >= 15 is 0 Å². The molecule has 1 heterocycles. The predicted octanol–water partition coefficient (Wildman–Crippen LogP) is 0.388. The van der Waals surface area contributed by atoms with Gasteiger partial charge in [-0.1, -0.05) is 57.4 Å². The van der Waals surface area contributed by atoms with Gasteiger partial charge in [-0.25, -0.2) is 0 Å². The van der Waals surface area contributed by atoms with Gasteiger partial charge in [0.15, 0.2) is 6.29 Å². The van der Waals surface area contributed by atoms with Crippen molar-refractivity contribution in [2.24, 2.45) is 5.92 Å². The first-order valence-corrected chi connectivity index (χ1v) is 22.0. The molecule has 59 heavy (non-hydrogen) atoms. The average Bonchev–Trinajstić information content (AvgIpc) is 3.16. The first-order valence-electron chi connectivity index (χ1n) is 22.0. The van der Waals surface area contributed by atoms with E-state index in [0.29, 0.717) is 18.9 Å². The lowest BCUT2D eigenvalue weighted by atomic mass is 9.91. The second kappa shape index (κ2) is 29.0. The number of hydrogen-bond acceptors (Lipinski definition) is 16. The summed E-state index contributed by atoms with van der Waals surface area (Å²) < 4.78 is 11.3. The van der Waals surface area contributed by atoms with E-state index in [0.717, 1.165) is 13.0 Å². The fourth-order valence-electron chi connectivity index (χ4n) is 7.88. The Labute approximate surface area is 350 Å². The quantitative estimate of drug-likeness (QED) is 0.0344. The molecule has 16 atom stereocenters. The summed E-state index contributed by atoms with van der Waals surface area (Å²) in [7, 11) is 0. The topological polar surface area (TPSA) is 290 Å². The standard InChI is InChI=1S/C43H79NO15/c1-4-39(59-43-42(57)41(56)40(55)27(3)58-43)26(2)38(54)25-37(53)24-36(52)22-32(48)16-9-15-31(47)21-35(51)23-34(50)20-30(46)14-8-13-29(45)19-33(49)17-10-18-44-28-11-6-5-7-12-28/h8-9,14,16,26-37,39-53,55-57H,4-7,10-13,15,17-25H2,1-3H3/b14-8+,16-9+. The second-order valence-corrected chi connectivity index (χ2v) is 17.1. The van der Waals surface area contributed by atoms with Gasteiger partial charge in [-0.05, 0) is 84.1 Å². The number of hydrogen-bond donors (Lipinski definition) is 13. The molecule has 1 aliphatic heterocycles. The van der Waals surface area contributed by atoms with Crippen molar-refractivity contribution in [3.63, 3.8) is 0 Å². The Morgan fingerprint density at radius 3 is 1.76 bits per heavy atom. The summed E-state index contributed by atoms with van der Waals surface area (Å²) in [6, 6.07) is 0.573. The van der Waals surface area contributed by atoms with Crippen LogP contribution >= 0.6 is 0 Å². The van der Waals surface area contributed by atoms with Gasteiger partial charge in [0.25, 0.3) is 0 Å². The predicted molar refractivity (Wildman–Crippen MR) is 220 cm³/mol. The Bertz CT molecular complexity index is 1170. The number of rotatable bonds is 30. The van der Waals surface area contributed by atoms with Gasteiger partial charge >= 0.3 is 0 Å². The minimum atomic E-state index is -1.53. The van der Waals surface area contributed by atoms with Crippen LogP contribution in [0.3, 0.4) is 0 Å². The van der Waals surface area contributed by atoms with Crippen molar-refractivity contribution in [2.75, 3.05) is 6.54 Å². The van der Waals surface area contributed by atoms with Crippen LogP contribution in [0, 0.1) is 5.92 Å². The summed E-state index contributed by atoms with van der Waals surface area (Å²) in [6.45, 7) is 5.72. The highest BCUT2D eigenvalue weighted by atomic mass is 16.7. The van der Waals surface area contributed by atoms with Gasteiger partial charge in [0.2, 0.25) is 0 Å². The molecule has 2 fully saturated rings. The second-order valence-electron chi connectivity index (χ2n) is 17.1. The van der Waals surface area contributed by atoms with Crippen LogP contribution in [0.2, 0.25) is 0 Å². The van der Waals surface area contributed by atoms with Gasteiger partial charge in [-0.3, -0.25) is 4.79 Å². The summed E-state index contributed by atoms with van der Waals surface area (Å²) in [5.41, 5.74) is 0. The van der Waals surface area contributed by atoms with Crippen LogP contribution < -0.4 is 5.32 Å². The van der Waals surface area contributed by atoms with Gasteiger partial charge in [0, 0.05) is 31.2 Å². The monoisotopic (exact) mass is 850 g/mol. The summed E-state index contributed by atoms with van der Waals surface area (Å²) in [5, 5.41) is 127. The minimum Gasteiger partial charge on any atom is -0.393 e. The van der Waals surface area contributed by atoms with Gasteiger partial charge < -0.3 is 76.1 Å². The molecule has 0 aromatic heterocycles. The fraction of sp³-hybridized carbons (Fsp3) is 0.884. The highest BCUT2D eigenvalue weighted by molar-refractivity contribution is 5.81. The van der Waals surface area contributed by atoms with Crippen molar-refractivity contribution >= 4 is 5.78 Å². The Hall–Kier alpha value is -1.45. The third-order valence-corrected chi connectivity index (χ3v) is 11.5. The Balaban J connectivity index is 1.60. The van der Waals surface area contributed by atoms with Gasteiger partial charge in [0.1, 0.15) is 24.1 Å². The Morgan fingerprint density at radius 1 is 0.695 bits per heavy atom. The maximum atomic E-state index is 12.9. The number of ether oxygens (including phenoxy) is 2. The Kier molecular flexibility index (Phi) is 26.4.